The molecule has 96 valence electrons. The van der Waals surface area contributed by atoms with Crippen molar-refractivity contribution in [1.82, 2.24) is 10.2 Å². The van der Waals surface area contributed by atoms with E-state index < -0.39 is 0 Å². The average Bonchev–Trinajstić information content (AvgIpc) is 2.23. The quantitative estimate of drug-likeness (QED) is 0.775. The lowest BCUT2D eigenvalue weighted by Crippen LogP contribution is -2.46. The highest BCUT2D eigenvalue weighted by molar-refractivity contribution is 4.79. The normalized spacial score (nSPS) is 23.6. The van der Waals surface area contributed by atoms with Gasteiger partial charge in [-0.3, -0.25) is 4.90 Å². The van der Waals surface area contributed by atoms with E-state index in [4.69, 9.17) is 0 Å². The molecule has 1 fully saturated rings. The molecular weight excluding hydrogens is 196 g/mol. The third-order valence-electron chi connectivity index (χ3n) is 3.53. The van der Waals surface area contributed by atoms with Crippen molar-refractivity contribution in [2.24, 2.45) is 5.41 Å². The third kappa shape index (κ3) is 5.31. The van der Waals surface area contributed by atoms with Gasteiger partial charge >= 0.3 is 0 Å². The predicted molar refractivity (Wildman–Crippen MR) is 71.8 cm³/mol. The summed E-state index contributed by atoms with van der Waals surface area (Å²) < 4.78 is 0. The first-order valence-corrected chi connectivity index (χ1v) is 6.97. The Morgan fingerprint density at radius 3 is 2.62 bits per heavy atom. The van der Waals surface area contributed by atoms with E-state index in [0.29, 0.717) is 5.41 Å². The van der Waals surface area contributed by atoms with Gasteiger partial charge in [0.1, 0.15) is 0 Å². The fourth-order valence-corrected chi connectivity index (χ4v) is 2.38. The highest BCUT2D eigenvalue weighted by atomic mass is 15.2. The molecule has 1 rings (SSSR count). The largest absolute Gasteiger partial charge is 0.315 e. The molecule has 1 N–H and O–H groups in total. The van der Waals surface area contributed by atoms with E-state index in [1.807, 2.05) is 0 Å². The van der Waals surface area contributed by atoms with E-state index in [9.17, 15) is 0 Å². The first kappa shape index (κ1) is 14.0. The summed E-state index contributed by atoms with van der Waals surface area (Å²) in [5.41, 5.74) is 0.472. The number of nitrogens with zero attached hydrogens (tertiary/aromatic N) is 1. The second-order valence-electron chi connectivity index (χ2n) is 6.30. The molecule has 0 bridgehead atoms. The second-order valence-corrected chi connectivity index (χ2v) is 6.30. The van der Waals surface area contributed by atoms with Crippen molar-refractivity contribution in [3.8, 4) is 0 Å². The smallest absolute Gasteiger partial charge is 0.0220 e. The Morgan fingerprint density at radius 1 is 1.25 bits per heavy atom. The average molecular weight is 226 g/mol. The Morgan fingerprint density at radius 2 is 2.00 bits per heavy atom. The first-order chi connectivity index (χ1) is 7.53. The van der Waals surface area contributed by atoms with Crippen molar-refractivity contribution in [1.29, 1.82) is 0 Å². The minimum Gasteiger partial charge on any atom is -0.315 e. The molecule has 16 heavy (non-hydrogen) atoms. The van der Waals surface area contributed by atoms with Gasteiger partial charge < -0.3 is 5.32 Å². The molecule has 0 aromatic carbocycles. The maximum Gasteiger partial charge on any atom is 0.0220 e. The number of hydrogen-bond acceptors (Lipinski definition) is 2. The molecule has 0 radical (unpaired) electrons. The highest BCUT2D eigenvalue weighted by Crippen LogP contribution is 2.22. The lowest BCUT2D eigenvalue weighted by Gasteiger charge is -2.37. The minimum atomic E-state index is 0.472. The Kier molecular flexibility index (Phi) is 5.77. The van der Waals surface area contributed by atoms with Gasteiger partial charge in [-0.05, 0) is 44.3 Å². The summed E-state index contributed by atoms with van der Waals surface area (Å²) in [6.45, 7) is 14.1. The van der Waals surface area contributed by atoms with E-state index >= 15 is 0 Å². The standard InChI is InChI=1S/C14H30N2/c1-5-15-12-13-8-6-7-10-16(13)11-9-14(2,3)4/h13,15H,5-12H2,1-4H3. The third-order valence-corrected chi connectivity index (χ3v) is 3.53. The summed E-state index contributed by atoms with van der Waals surface area (Å²) in [6, 6.07) is 0.788. The van der Waals surface area contributed by atoms with Gasteiger partial charge in [0, 0.05) is 12.6 Å². The molecule has 2 heteroatoms. The van der Waals surface area contributed by atoms with Crippen molar-refractivity contribution in [2.75, 3.05) is 26.2 Å². The Bertz CT molecular complexity index is 184. The van der Waals surface area contributed by atoms with Crippen molar-refractivity contribution < 1.29 is 0 Å². The van der Waals surface area contributed by atoms with Crippen LogP contribution in [0.4, 0.5) is 0 Å². The van der Waals surface area contributed by atoms with Crippen LogP contribution >= 0.6 is 0 Å². The number of likely N-dealkylation sites (N-methyl/N-ethyl adjacent to an activating group) is 1. The van der Waals surface area contributed by atoms with Gasteiger partial charge in [-0.15, -0.1) is 0 Å². The van der Waals surface area contributed by atoms with Crippen LogP contribution in [0.25, 0.3) is 0 Å². The Hall–Kier alpha value is -0.0800. The fraction of sp³-hybridized carbons (Fsp3) is 1.00. The van der Waals surface area contributed by atoms with Crippen molar-refractivity contribution in [3.63, 3.8) is 0 Å². The molecule has 1 saturated heterocycles. The zero-order valence-corrected chi connectivity index (χ0v) is 11.7. The van der Waals surface area contributed by atoms with E-state index in [0.717, 1.165) is 12.6 Å². The molecule has 1 unspecified atom stereocenters. The van der Waals surface area contributed by atoms with Crippen LogP contribution in [0.1, 0.15) is 53.4 Å². The summed E-state index contributed by atoms with van der Waals surface area (Å²) in [7, 11) is 0. The summed E-state index contributed by atoms with van der Waals surface area (Å²) in [5, 5.41) is 3.50. The fourth-order valence-electron chi connectivity index (χ4n) is 2.38. The molecule has 0 aromatic heterocycles. The Balaban J connectivity index is 2.34. The van der Waals surface area contributed by atoms with Crippen LogP contribution in [0.3, 0.4) is 0 Å². The number of nitrogens with one attached hydrogen (secondary N) is 1. The molecule has 0 aliphatic carbocycles. The number of likely N-dealkylation sites (tertiary alicyclic amines) is 1. The molecule has 0 aromatic rings. The van der Waals surface area contributed by atoms with Crippen LogP contribution in [-0.2, 0) is 0 Å². The van der Waals surface area contributed by atoms with Gasteiger partial charge in [0.15, 0.2) is 0 Å². The SMILES string of the molecule is CCNCC1CCCCN1CCC(C)(C)C. The zero-order valence-electron chi connectivity index (χ0n) is 11.7. The molecule has 1 aliphatic heterocycles. The number of rotatable bonds is 5. The lowest BCUT2D eigenvalue weighted by atomic mass is 9.91. The van der Waals surface area contributed by atoms with E-state index in [-0.39, 0.29) is 0 Å². The minimum absolute atomic E-state index is 0.472. The van der Waals surface area contributed by atoms with E-state index in [2.05, 4.69) is 37.9 Å². The predicted octanol–water partition coefficient (Wildman–Crippen LogP) is 2.89. The molecule has 2 nitrogen and oxygen atoms in total. The van der Waals surface area contributed by atoms with Crippen molar-refractivity contribution in [3.05, 3.63) is 0 Å². The summed E-state index contributed by atoms with van der Waals surface area (Å²) >= 11 is 0. The Labute approximate surface area is 102 Å². The number of piperidine rings is 1. The lowest BCUT2D eigenvalue weighted by molar-refractivity contribution is 0.128. The number of hydrogen-bond donors (Lipinski definition) is 1. The summed E-state index contributed by atoms with van der Waals surface area (Å²) in [4.78, 5) is 2.71. The summed E-state index contributed by atoms with van der Waals surface area (Å²) in [5.74, 6) is 0. The maximum atomic E-state index is 3.50. The van der Waals surface area contributed by atoms with Gasteiger partial charge in [0.25, 0.3) is 0 Å². The van der Waals surface area contributed by atoms with Crippen LogP contribution in [0.2, 0.25) is 0 Å². The molecule has 1 aliphatic rings. The highest BCUT2D eigenvalue weighted by Gasteiger charge is 2.23. The van der Waals surface area contributed by atoms with Crippen molar-refractivity contribution in [2.45, 2.75) is 59.4 Å². The molecular formula is C14H30N2. The topological polar surface area (TPSA) is 15.3 Å². The molecule has 1 heterocycles. The van der Waals surface area contributed by atoms with Crippen LogP contribution in [0, 0.1) is 5.41 Å². The van der Waals surface area contributed by atoms with Gasteiger partial charge in [-0.1, -0.05) is 34.1 Å². The molecule has 1 atom stereocenters. The second kappa shape index (κ2) is 6.61. The van der Waals surface area contributed by atoms with Crippen molar-refractivity contribution >= 4 is 0 Å². The molecule has 0 spiro atoms. The van der Waals surface area contributed by atoms with Crippen LogP contribution < -0.4 is 5.32 Å². The van der Waals surface area contributed by atoms with Gasteiger partial charge in [0.05, 0.1) is 0 Å². The van der Waals surface area contributed by atoms with Gasteiger partial charge in [0.2, 0.25) is 0 Å². The van der Waals surface area contributed by atoms with Gasteiger partial charge in [-0.25, -0.2) is 0 Å². The molecule has 0 saturated carbocycles. The van der Waals surface area contributed by atoms with Crippen LogP contribution in [0.5, 0.6) is 0 Å². The van der Waals surface area contributed by atoms with Gasteiger partial charge in [-0.2, -0.15) is 0 Å². The molecule has 0 amide bonds. The van der Waals surface area contributed by atoms with Crippen LogP contribution in [-0.4, -0.2) is 37.1 Å². The monoisotopic (exact) mass is 226 g/mol. The van der Waals surface area contributed by atoms with Crippen LogP contribution in [0.15, 0.2) is 0 Å². The van der Waals surface area contributed by atoms with E-state index in [1.165, 1.54) is 45.3 Å². The summed E-state index contributed by atoms with van der Waals surface area (Å²) in [6.07, 6.45) is 5.52. The maximum absolute atomic E-state index is 3.50. The zero-order chi connectivity index (χ0) is 12.0. The van der Waals surface area contributed by atoms with E-state index in [1.54, 1.807) is 0 Å². The first-order valence-electron chi connectivity index (χ1n) is 6.97.